The number of fused-ring (bicyclic) bond motifs is 1. The monoisotopic (exact) mass is 418 g/mol. The lowest BCUT2D eigenvalue weighted by molar-refractivity contribution is 0.102. The summed E-state index contributed by atoms with van der Waals surface area (Å²) in [4.78, 5) is 26.2. The standard InChI is InChI=1S/C23H22N4O4/c1-30-12-11-26-14-19(22(28)24-16-7-6-10-18(13-16)31-2)21-20(15-26)23(29)27(25-21)17-8-4-3-5-9-17/h3-10,13-15H,11-12H2,1-2H3,(H,24,28). The highest BCUT2D eigenvalue weighted by Gasteiger charge is 2.24. The molecule has 2 aromatic rings. The summed E-state index contributed by atoms with van der Waals surface area (Å²) >= 11 is 0. The van der Waals surface area contributed by atoms with Crippen LogP contribution in [0.15, 0.2) is 71.8 Å². The molecule has 8 nitrogen and oxygen atoms in total. The van der Waals surface area contributed by atoms with E-state index in [2.05, 4.69) is 10.4 Å². The van der Waals surface area contributed by atoms with Crippen molar-refractivity contribution in [3.05, 3.63) is 82.9 Å². The lowest BCUT2D eigenvalue weighted by Gasteiger charge is -2.13. The van der Waals surface area contributed by atoms with Gasteiger partial charge in [0.2, 0.25) is 0 Å². The third-order valence-corrected chi connectivity index (χ3v) is 4.85. The van der Waals surface area contributed by atoms with E-state index in [1.807, 2.05) is 18.2 Å². The van der Waals surface area contributed by atoms with Crippen LogP contribution in [0.3, 0.4) is 0 Å². The Morgan fingerprint density at radius 1 is 1.06 bits per heavy atom. The van der Waals surface area contributed by atoms with Crippen molar-refractivity contribution in [3.63, 3.8) is 0 Å². The SMILES string of the molecule is COCCn1cc(C(=O)Nc2cccc(OC)c2)c2nn(-c3ccccc3)c(=O)c-2c1. The normalized spacial score (nSPS) is 10.9. The van der Waals surface area contributed by atoms with Crippen LogP contribution in [0.2, 0.25) is 0 Å². The van der Waals surface area contributed by atoms with Gasteiger partial charge in [-0.3, -0.25) is 9.59 Å². The predicted octanol–water partition coefficient (Wildman–Crippen LogP) is 3.05. The van der Waals surface area contributed by atoms with Crippen molar-refractivity contribution in [2.75, 3.05) is 26.1 Å². The van der Waals surface area contributed by atoms with Gasteiger partial charge in [0, 0.05) is 37.8 Å². The van der Waals surface area contributed by atoms with Gasteiger partial charge in [0.25, 0.3) is 11.5 Å². The number of amides is 1. The maximum Gasteiger partial charge on any atom is 0.282 e. The van der Waals surface area contributed by atoms with E-state index in [0.717, 1.165) is 0 Å². The number of anilines is 1. The number of pyridine rings is 1. The summed E-state index contributed by atoms with van der Waals surface area (Å²) in [6, 6.07) is 16.2. The van der Waals surface area contributed by atoms with Crippen molar-refractivity contribution in [2.24, 2.45) is 0 Å². The van der Waals surface area contributed by atoms with E-state index >= 15 is 0 Å². The van der Waals surface area contributed by atoms with Crippen molar-refractivity contribution in [1.82, 2.24) is 14.3 Å². The van der Waals surface area contributed by atoms with E-state index in [4.69, 9.17) is 9.47 Å². The Kier molecular flexibility index (Phi) is 5.81. The Morgan fingerprint density at radius 2 is 1.87 bits per heavy atom. The average molecular weight is 418 g/mol. The van der Waals surface area contributed by atoms with Crippen molar-refractivity contribution >= 4 is 11.6 Å². The van der Waals surface area contributed by atoms with Crippen molar-refractivity contribution < 1.29 is 14.3 Å². The van der Waals surface area contributed by atoms with Gasteiger partial charge in [0.05, 0.1) is 30.5 Å². The highest BCUT2D eigenvalue weighted by atomic mass is 16.5. The number of hydrogen-bond acceptors (Lipinski definition) is 5. The van der Waals surface area contributed by atoms with Crippen LogP contribution < -0.4 is 15.6 Å². The molecule has 0 aliphatic carbocycles. The van der Waals surface area contributed by atoms with Gasteiger partial charge in [-0.2, -0.15) is 9.78 Å². The van der Waals surface area contributed by atoms with Crippen LogP contribution in [0.25, 0.3) is 16.9 Å². The second kappa shape index (κ2) is 8.85. The van der Waals surface area contributed by atoms with Gasteiger partial charge in [-0.05, 0) is 24.3 Å². The molecule has 0 saturated heterocycles. The van der Waals surface area contributed by atoms with Crippen LogP contribution in [0.5, 0.6) is 5.75 Å². The molecule has 8 heteroatoms. The fraction of sp³-hybridized carbons (Fsp3) is 0.174. The summed E-state index contributed by atoms with van der Waals surface area (Å²) in [5, 5.41) is 7.34. The number of nitrogens with zero attached hydrogens (tertiary/aromatic N) is 3. The Balaban J connectivity index is 1.80. The molecule has 158 valence electrons. The molecule has 1 N–H and O–H groups in total. The van der Waals surface area contributed by atoms with Gasteiger partial charge < -0.3 is 19.4 Å². The van der Waals surface area contributed by atoms with Crippen molar-refractivity contribution in [1.29, 1.82) is 0 Å². The van der Waals surface area contributed by atoms with Crippen LogP contribution in [0.1, 0.15) is 10.4 Å². The number of carbonyl (C=O) groups is 1. The van der Waals surface area contributed by atoms with E-state index in [-0.39, 0.29) is 11.5 Å². The lowest BCUT2D eigenvalue weighted by Crippen LogP contribution is -2.18. The van der Waals surface area contributed by atoms with Gasteiger partial charge in [-0.15, -0.1) is 0 Å². The van der Waals surface area contributed by atoms with E-state index in [9.17, 15) is 9.59 Å². The van der Waals surface area contributed by atoms with Gasteiger partial charge >= 0.3 is 0 Å². The number of hydrogen-bond donors (Lipinski definition) is 1. The van der Waals surface area contributed by atoms with Crippen LogP contribution in [0.4, 0.5) is 5.69 Å². The van der Waals surface area contributed by atoms with Gasteiger partial charge in [-0.25, -0.2) is 0 Å². The molecule has 4 rings (SSSR count). The summed E-state index contributed by atoms with van der Waals surface area (Å²) in [7, 11) is 3.16. The largest absolute Gasteiger partial charge is 0.497 e. The lowest BCUT2D eigenvalue weighted by atomic mass is 10.1. The van der Waals surface area contributed by atoms with Gasteiger partial charge in [0.1, 0.15) is 11.4 Å². The van der Waals surface area contributed by atoms with Crippen molar-refractivity contribution in [2.45, 2.75) is 6.54 Å². The van der Waals surface area contributed by atoms with E-state index in [0.29, 0.717) is 47.1 Å². The zero-order valence-corrected chi connectivity index (χ0v) is 17.2. The number of para-hydroxylation sites is 1. The fourth-order valence-electron chi connectivity index (χ4n) is 3.30. The summed E-state index contributed by atoms with van der Waals surface area (Å²) < 4.78 is 13.4. The number of nitrogens with one attached hydrogen (secondary N) is 1. The Morgan fingerprint density at radius 3 is 2.61 bits per heavy atom. The molecule has 0 radical (unpaired) electrons. The highest BCUT2D eigenvalue weighted by molar-refractivity contribution is 6.08. The van der Waals surface area contributed by atoms with Crippen molar-refractivity contribution in [3.8, 4) is 22.7 Å². The summed E-state index contributed by atoms with van der Waals surface area (Å²) in [6.07, 6.45) is 3.38. The highest BCUT2D eigenvalue weighted by Crippen LogP contribution is 2.24. The predicted molar refractivity (Wildman–Crippen MR) is 117 cm³/mol. The zero-order chi connectivity index (χ0) is 21.8. The third kappa shape index (κ3) is 4.19. The zero-order valence-electron chi connectivity index (χ0n) is 17.2. The molecule has 0 spiro atoms. The molecule has 2 aliphatic heterocycles. The molecule has 31 heavy (non-hydrogen) atoms. The molecular weight excluding hydrogens is 396 g/mol. The van der Waals surface area contributed by atoms with E-state index in [1.54, 1.807) is 67.6 Å². The smallest absolute Gasteiger partial charge is 0.282 e. The average Bonchev–Trinajstić information content (AvgIpc) is 3.14. The first-order chi connectivity index (χ1) is 15.1. The van der Waals surface area contributed by atoms with E-state index in [1.165, 1.54) is 4.68 Å². The van der Waals surface area contributed by atoms with Crippen LogP contribution in [-0.2, 0) is 11.3 Å². The molecule has 0 atom stereocenters. The Hall–Kier alpha value is -3.91. The maximum absolute atomic E-state index is 13.2. The molecule has 0 fully saturated rings. The second-order valence-electron chi connectivity index (χ2n) is 6.90. The molecule has 0 aromatic heterocycles. The van der Waals surface area contributed by atoms with Crippen LogP contribution in [0, 0.1) is 0 Å². The van der Waals surface area contributed by atoms with E-state index < -0.39 is 0 Å². The quantitative estimate of drug-likeness (QED) is 0.498. The van der Waals surface area contributed by atoms with Gasteiger partial charge in [0.15, 0.2) is 0 Å². The molecule has 0 unspecified atom stereocenters. The number of carbonyl (C=O) groups excluding carboxylic acids is 1. The first-order valence-corrected chi connectivity index (χ1v) is 9.73. The molecule has 0 bridgehead atoms. The summed E-state index contributed by atoms with van der Waals surface area (Å²) in [5.74, 6) is 0.254. The van der Waals surface area contributed by atoms with Crippen LogP contribution in [-0.4, -0.2) is 41.1 Å². The maximum atomic E-state index is 13.2. The number of rotatable bonds is 7. The number of aromatic nitrogens is 3. The number of ether oxygens (including phenoxy) is 2. The number of methoxy groups -OCH3 is 2. The molecular formula is C23H22N4O4. The van der Waals surface area contributed by atoms with Gasteiger partial charge in [-0.1, -0.05) is 24.3 Å². The summed E-state index contributed by atoms with van der Waals surface area (Å²) in [6.45, 7) is 0.927. The minimum atomic E-state index is -0.372. The first kappa shape index (κ1) is 20.4. The van der Waals surface area contributed by atoms with Crippen LogP contribution >= 0.6 is 0 Å². The molecule has 2 aromatic carbocycles. The topological polar surface area (TPSA) is 87.4 Å². The first-order valence-electron chi connectivity index (χ1n) is 9.73. The third-order valence-electron chi connectivity index (χ3n) is 4.85. The number of benzene rings is 2. The molecule has 2 aliphatic rings. The second-order valence-corrected chi connectivity index (χ2v) is 6.90. The minimum absolute atomic E-state index is 0.289. The molecule has 2 heterocycles. The Labute approximate surface area is 179 Å². The minimum Gasteiger partial charge on any atom is -0.497 e. The summed E-state index contributed by atoms with van der Waals surface area (Å²) in [5.41, 5.74) is 1.91. The molecule has 1 amide bonds. The molecule has 0 saturated carbocycles. The Bertz CT molecular complexity index is 1230. The fourth-order valence-corrected chi connectivity index (χ4v) is 3.30.